The number of guanidine groups is 1. The van der Waals surface area contributed by atoms with Crippen molar-refractivity contribution in [3.8, 4) is 0 Å². The standard InChI is InChI=1S/C15H29N7O5S/c1-28-6-4-10(14(26)27)22-13(25)9(3-2-5-20-15(18)19)21-12(24)8(16)7-11(17)23/h8-10H,2-7,16H2,1H3,(H2,17,23)(H,21,24)(H,22,25)(H,26,27)(H4,18,19,20). The molecule has 0 saturated carbocycles. The Bertz CT molecular complexity index is 583. The Labute approximate surface area is 167 Å². The second-order valence-corrected chi connectivity index (χ2v) is 6.95. The number of carbonyl (C=O) groups excluding carboxylic acids is 3. The van der Waals surface area contributed by atoms with Crippen LogP contribution in [0.5, 0.6) is 0 Å². The van der Waals surface area contributed by atoms with Crippen molar-refractivity contribution < 1.29 is 24.3 Å². The number of carbonyl (C=O) groups is 4. The second kappa shape index (κ2) is 13.6. The number of amides is 3. The number of primary amides is 1. The van der Waals surface area contributed by atoms with Crippen LogP contribution in [0.3, 0.4) is 0 Å². The van der Waals surface area contributed by atoms with Crippen molar-refractivity contribution in [3.63, 3.8) is 0 Å². The quantitative estimate of drug-likeness (QED) is 0.0865. The van der Waals surface area contributed by atoms with E-state index in [0.717, 1.165) is 0 Å². The van der Waals surface area contributed by atoms with Gasteiger partial charge in [-0.15, -0.1) is 0 Å². The van der Waals surface area contributed by atoms with Crippen LogP contribution in [0, 0.1) is 0 Å². The van der Waals surface area contributed by atoms with Gasteiger partial charge in [0.15, 0.2) is 5.96 Å². The third-order valence-electron chi connectivity index (χ3n) is 3.56. The molecule has 0 aromatic heterocycles. The van der Waals surface area contributed by atoms with Crippen molar-refractivity contribution >= 4 is 41.4 Å². The summed E-state index contributed by atoms with van der Waals surface area (Å²) in [6, 6.07) is -3.40. The summed E-state index contributed by atoms with van der Waals surface area (Å²) in [7, 11) is 0. The van der Waals surface area contributed by atoms with Gasteiger partial charge in [-0.2, -0.15) is 11.8 Å². The molecule has 11 N–H and O–H groups in total. The minimum Gasteiger partial charge on any atom is -0.480 e. The number of aliphatic imine (C=N–C) groups is 1. The monoisotopic (exact) mass is 419 g/mol. The fourth-order valence-corrected chi connectivity index (χ4v) is 2.60. The molecule has 0 saturated heterocycles. The predicted octanol–water partition coefficient (Wildman–Crippen LogP) is -2.95. The van der Waals surface area contributed by atoms with Gasteiger partial charge in [0.05, 0.1) is 12.5 Å². The Morgan fingerprint density at radius 1 is 1.04 bits per heavy atom. The van der Waals surface area contributed by atoms with Crippen LogP contribution in [0.1, 0.15) is 25.7 Å². The molecule has 0 aromatic rings. The fraction of sp³-hybridized carbons (Fsp3) is 0.667. The Hall–Kier alpha value is -2.54. The molecule has 3 unspecified atom stereocenters. The Morgan fingerprint density at radius 3 is 2.14 bits per heavy atom. The summed E-state index contributed by atoms with van der Waals surface area (Å²) in [4.78, 5) is 50.6. The number of thioether (sulfide) groups is 1. The summed E-state index contributed by atoms with van der Waals surface area (Å²) in [5.41, 5.74) is 21.1. The van der Waals surface area contributed by atoms with Crippen molar-refractivity contribution in [2.24, 2.45) is 27.9 Å². The number of aliphatic carboxylic acids is 1. The van der Waals surface area contributed by atoms with Crippen molar-refractivity contribution in [1.29, 1.82) is 0 Å². The number of nitrogens with two attached hydrogens (primary N) is 4. The van der Waals surface area contributed by atoms with Crippen molar-refractivity contribution in [1.82, 2.24) is 10.6 Å². The lowest BCUT2D eigenvalue weighted by Gasteiger charge is -2.22. The first-order valence-corrected chi connectivity index (χ1v) is 9.89. The molecular weight excluding hydrogens is 390 g/mol. The minimum absolute atomic E-state index is 0.114. The Balaban J connectivity index is 5.09. The number of carboxylic acid groups (broad SMARTS) is 1. The molecule has 0 bridgehead atoms. The number of nitrogens with zero attached hydrogens (tertiary/aromatic N) is 1. The van der Waals surface area contributed by atoms with Crippen LogP contribution < -0.4 is 33.6 Å². The first kappa shape index (κ1) is 25.5. The van der Waals surface area contributed by atoms with E-state index in [-0.39, 0.29) is 31.8 Å². The molecule has 0 radical (unpaired) electrons. The van der Waals surface area contributed by atoms with Gasteiger partial charge in [0.1, 0.15) is 12.1 Å². The van der Waals surface area contributed by atoms with Crippen LogP contribution in [0.15, 0.2) is 4.99 Å². The van der Waals surface area contributed by atoms with Crippen LogP contribution in [0.2, 0.25) is 0 Å². The van der Waals surface area contributed by atoms with Crippen LogP contribution in [-0.2, 0) is 19.2 Å². The molecule has 160 valence electrons. The van der Waals surface area contributed by atoms with E-state index in [2.05, 4.69) is 15.6 Å². The highest BCUT2D eigenvalue weighted by molar-refractivity contribution is 7.98. The van der Waals surface area contributed by atoms with E-state index in [0.29, 0.717) is 12.2 Å². The Kier molecular flexibility index (Phi) is 12.4. The molecule has 3 amide bonds. The normalized spacial score (nSPS) is 13.6. The predicted molar refractivity (Wildman–Crippen MR) is 106 cm³/mol. The first-order valence-electron chi connectivity index (χ1n) is 8.50. The van der Waals surface area contributed by atoms with E-state index in [9.17, 15) is 24.3 Å². The lowest BCUT2D eigenvalue weighted by Crippen LogP contribution is -2.55. The molecule has 13 heteroatoms. The number of rotatable bonds is 14. The van der Waals surface area contributed by atoms with Crippen LogP contribution in [0.4, 0.5) is 0 Å². The lowest BCUT2D eigenvalue weighted by molar-refractivity contribution is -0.142. The molecule has 0 heterocycles. The van der Waals surface area contributed by atoms with Crippen LogP contribution in [0.25, 0.3) is 0 Å². The van der Waals surface area contributed by atoms with Gasteiger partial charge in [-0.3, -0.25) is 19.4 Å². The smallest absolute Gasteiger partial charge is 0.326 e. The highest BCUT2D eigenvalue weighted by Crippen LogP contribution is 2.05. The summed E-state index contributed by atoms with van der Waals surface area (Å²) < 4.78 is 0. The second-order valence-electron chi connectivity index (χ2n) is 5.97. The largest absolute Gasteiger partial charge is 0.480 e. The van der Waals surface area contributed by atoms with Crippen LogP contribution >= 0.6 is 11.8 Å². The zero-order valence-electron chi connectivity index (χ0n) is 15.7. The van der Waals surface area contributed by atoms with Crippen molar-refractivity contribution in [2.75, 3.05) is 18.6 Å². The van der Waals surface area contributed by atoms with E-state index in [1.807, 2.05) is 6.26 Å². The summed E-state index contributed by atoms with van der Waals surface area (Å²) in [6.07, 6.45) is 2.11. The summed E-state index contributed by atoms with van der Waals surface area (Å²) in [5.74, 6) is -2.97. The van der Waals surface area contributed by atoms with Crippen molar-refractivity contribution in [2.45, 2.75) is 43.8 Å². The lowest BCUT2D eigenvalue weighted by atomic mass is 10.1. The minimum atomic E-state index is -1.22. The van der Waals surface area contributed by atoms with Gasteiger partial charge >= 0.3 is 5.97 Å². The van der Waals surface area contributed by atoms with Gasteiger partial charge in [0.2, 0.25) is 17.7 Å². The molecule has 12 nitrogen and oxygen atoms in total. The molecular formula is C15H29N7O5S. The summed E-state index contributed by atoms with van der Waals surface area (Å²) in [6.45, 7) is 0.212. The van der Waals surface area contributed by atoms with Gasteiger partial charge in [0, 0.05) is 6.54 Å². The van der Waals surface area contributed by atoms with E-state index < -0.39 is 41.8 Å². The average molecular weight is 420 g/mol. The summed E-state index contributed by atoms with van der Waals surface area (Å²) in [5, 5.41) is 14.1. The van der Waals surface area contributed by atoms with E-state index in [1.165, 1.54) is 11.8 Å². The van der Waals surface area contributed by atoms with Gasteiger partial charge < -0.3 is 38.7 Å². The van der Waals surface area contributed by atoms with Gasteiger partial charge in [-0.05, 0) is 31.3 Å². The van der Waals surface area contributed by atoms with Crippen LogP contribution in [-0.4, -0.2) is 71.4 Å². The molecule has 0 spiro atoms. The maximum absolute atomic E-state index is 12.5. The fourth-order valence-electron chi connectivity index (χ4n) is 2.13. The van der Waals surface area contributed by atoms with Gasteiger partial charge in [-0.1, -0.05) is 0 Å². The van der Waals surface area contributed by atoms with Gasteiger partial charge in [0.25, 0.3) is 0 Å². The average Bonchev–Trinajstić information content (AvgIpc) is 2.59. The maximum atomic E-state index is 12.5. The van der Waals surface area contributed by atoms with Crippen molar-refractivity contribution in [3.05, 3.63) is 0 Å². The first-order chi connectivity index (χ1) is 13.1. The molecule has 0 fully saturated rings. The highest BCUT2D eigenvalue weighted by atomic mass is 32.2. The third-order valence-corrected chi connectivity index (χ3v) is 4.21. The molecule has 0 aliphatic heterocycles. The SMILES string of the molecule is CSCCC(NC(=O)C(CCCN=C(N)N)NC(=O)C(N)CC(N)=O)C(=O)O. The van der Waals surface area contributed by atoms with E-state index >= 15 is 0 Å². The molecule has 0 aliphatic rings. The maximum Gasteiger partial charge on any atom is 0.326 e. The van der Waals surface area contributed by atoms with Gasteiger partial charge in [-0.25, -0.2) is 4.79 Å². The van der Waals surface area contributed by atoms with E-state index in [4.69, 9.17) is 22.9 Å². The number of hydrogen-bond acceptors (Lipinski definition) is 7. The molecule has 0 rings (SSSR count). The molecule has 28 heavy (non-hydrogen) atoms. The topological polar surface area (TPSA) is 229 Å². The number of nitrogens with one attached hydrogen (secondary N) is 2. The zero-order valence-corrected chi connectivity index (χ0v) is 16.5. The highest BCUT2D eigenvalue weighted by Gasteiger charge is 2.27. The number of carboxylic acids is 1. The molecule has 3 atom stereocenters. The van der Waals surface area contributed by atoms with E-state index in [1.54, 1.807) is 0 Å². The molecule has 0 aromatic carbocycles. The molecule has 0 aliphatic carbocycles. The third kappa shape index (κ3) is 11.2. The zero-order chi connectivity index (χ0) is 21.7. The number of hydrogen-bond donors (Lipinski definition) is 7. The summed E-state index contributed by atoms with van der Waals surface area (Å²) >= 11 is 1.44. The Morgan fingerprint density at radius 2 is 1.64 bits per heavy atom.